The first-order chi connectivity index (χ1) is 28.4. The molecule has 0 spiro atoms. The van der Waals surface area contributed by atoms with Crippen LogP contribution in [0.2, 0.25) is 0 Å². The fourth-order valence-electron chi connectivity index (χ4n) is 9.71. The Bertz CT molecular complexity index is 2280. The minimum Gasteiger partial charge on any atom is -0.453 e. The highest BCUT2D eigenvalue weighted by molar-refractivity contribution is 5.88. The van der Waals surface area contributed by atoms with Crippen molar-refractivity contribution in [3.63, 3.8) is 0 Å². The summed E-state index contributed by atoms with van der Waals surface area (Å²) >= 11 is 0. The highest BCUT2D eigenvalue weighted by Gasteiger charge is 2.56. The van der Waals surface area contributed by atoms with E-state index in [0.29, 0.717) is 19.0 Å². The van der Waals surface area contributed by atoms with Gasteiger partial charge in [0.2, 0.25) is 11.8 Å². The maximum absolute atomic E-state index is 14.0. The molecule has 2 saturated heterocycles. The van der Waals surface area contributed by atoms with Gasteiger partial charge in [-0.15, -0.1) is 0 Å². The van der Waals surface area contributed by atoms with Gasteiger partial charge in [-0.2, -0.15) is 0 Å². The zero-order valence-corrected chi connectivity index (χ0v) is 34.6. The number of hydrogen-bond donors (Lipinski definition) is 4. The number of rotatable bonds is 11. The number of carbonyl (C=O) groups is 4. The van der Waals surface area contributed by atoms with Crippen LogP contribution in [0.5, 0.6) is 0 Å². The van der Waals surface area contributed by atoms with E-state index in [9.17, 15) is 19.2 Å². The minimum absolute atomic E-state index is 0.103. The van der Waals surface area contributed by atoms with Crippen molar-refractivity contribution in [2.75, 3.05) is 27.3 Å². The molecular formula is C45H54N8O6. The Morgan fingerprint density at radius 3 is 2.15 bits per heavy atom. The van der Waals surface area contributed by atoms with Gasteiger partial charge in [0, 0.05) is 18.7 Å². The summed E-state index contributed by atoms with van der Waals surface area (Å²) in [6.07, 6.45) is 12.0. The summed E-state index contributed by atoms with van der Waals surface area (Å²) in [5, 5.41) is 5.48. The average molecular weight is 803 g/mol. The smallest absolute Gasteiger partial charge is 0.407 e. The Hall–Kier alpha value is -5.92. The number of aromatic nitrogens is 4. The Kier molecular flexibility index (Phi) is 10.8. The van der Waals surface area contributed by atoms with E-state index in [1.54, 1.807) is 0 Å². The molecule has 4 aliphatic rings. The van der Waals surface area contributed by atoms with Crippen LogP contribution in [0.4, 0.5) is 9.59 Å². The number of fused-ring (bicyclic) bond motifs is 3. The third kappa shape index (κ3) is 7.27. The molecule has 4 N–H and O–H groups in total. The SMILES string of the molecule is COC(=O)N[C@H](C(=O)N1CCC[C@H]1c1ncc(-c2ccc(-c3ccc(-c4cnc(C56CC[C@H](CN5C(=O)[C@@H](NC(=O)OC)C(C)C)C6)[nH]4)cc3)c3c2CC=C3)[nH]1)C(C)C. The van der Waals surface area contributed by atoms with Crippen molar-refractivity contribution in [3.05, 3.63) is 77.6 Å². The third-order valence-electron chi connectivity index (χ3n) is 12.8. The normalized spacial score (nSPS) is 21.6. The topological polar surface area (TPSA) is 175 Å². The van der Waals surface area contributed by atoms with Gasteiger partial charge in [0.1, 0.15) is 29.3 Å². The molecule has 3 fully saturated rings. The highest BCUT2D eigenvalue weighted by Crippen LogP contribution is 2.52. The number of H-pyrrole nitrogens is 2. The average Bonchev–Trinajstić information content (AvgIpc) is 4.10. The number of benzene rings is 2. The summed E-state index contributed by atoms with van der Waals surface area (Å²) in [4.78, 5) is 72.4. The van der Waals surface area contributed by atoms with Crippen LogP contribution in [0.25, 0.3) is 39.7 Å². The molecular weight excluding hydrogens is 749 g/mol. The molecule has 14 nitrogen and oxygen atoms in total. The number of nitrogens with one attached hydrogen (secondary N) is 4. The van der Waals surface area contributed by atoms with Crippen molar-refractivity contribution in [1.82, 2.24) is 40.4 Å². The van der Waals surface area contributed by atoms with Crippen LogP contribution in [-0.2, 0) is 31.0 Å². The second-order valence-corrected chi connectivity index (χ2v) is 17.1. The van der Waals surface area contributed by atoms with Gasteiger partial charge in [-0.25, -0.2) is 19.6 Å². The predicted molar refractivity (Wildman–Crippen MR) is 223 cm³/mol. The van der Waals surface area contributed by atoms with Crippen molar-refractivity contribution in [3.8, 4) is 33.6 Å². The zero-order valence-electron chi connectivity index (χ0n) is 34.6. The molecule has 1 unspecified atom stereocenters. The lowest BCUT2D eigenvalue weighted by Crippen LogP contribution is -2.56. The van der Waals surface area contributed by atoms with Gasteiger partial charge in [-0.3, -0.25) is 9.59 Å². The number of carbonyl (C=O) groups excluding carboxylic acids is 4. The highest BCUT2D eigenvalue weighted by atomic mass is 16.5. The maximum Gasteiger partial charge on any atom is 0.407 e. The lowest BCUT2D eigenvalue weighted by Gasteiger charge is -2.40. The van der Waals surface area contributed by atoms with E-state index < -0.39 is 29.8 Å². The first-order valence-electron chi connectivity index (χ1n) is 20.8. The summed E-state index contributed by atoms with van der Waals surface area (Å²) in [6, 6.07) is 11.2. The quantitative estimate of drug-likeness (QED) is 0.126. The monoisotopic (exact) mass is 802 g/mol. The number of alkyl carbamates (subject to hydrolysis) is 2. The summed E-state index contributed by atoms with van der Waals surface area (Å²) in [5.74, 6) is 1.46. The number of likely N-dealkylation sites (tertiary alicyclic amines) is 2. The van der Waals surface area contributed by atoms with Crippen molar-refractivity contribution in [1.29, 1.82) is 0 Å². The van der Waals surface area contributed by atoms with Gasteiger partial charge in [0.25, 0.3) is 0 Å². The molecule has 2 bridgehead atoms. The number of nitrogens with zero attached hydrogens (tertiary/aromatic N) is 4. The number of imidazole rings is 2. The largest absolute Gasteiger partial charge is 0.453 e. The summed E-state index contributed by atoms with van der Waals surface area (Å²) in [7, 11) is 2.60. The van der Waals surface area contributed by atoms with E-state index in [2.05, 4.69) is 69.2 Å². The van der Waals surface area contributed by atoms with Crippen molar-refractivity contribution in [2.45, 2.75) is 89.9 Å². The molecule has 2 aromatic carbocycles. The van der Waals surface area contributed by atoms with Gasteiger partial charge in [-0.1, -0.05) is 76.2 Å². The minimum atomic E-state index is -0.692. The van der Waals surface area contributed by atoms with Crippen LogP contribution < -0.4 is 10.6 Å². The standard InChI is InChI=1S/C45H54N8O6/c1-25(2)37(50-43(56)58-5)40(54)52-20-8-11-36(52)39-46-23-35(48-39)33-17-16-30(31-9-7-10-32(31)33)28-12-14-29(15-13-28)34-22-47-42(49-34)45-19-18-27(21-45)24-53(45)41(55)38(26(3)4)51-44(57)59-6/h7,9,12-17,22-23,25-27,36-38H,8,10-11,18-21,24H2,1-6H3,(H,46,48)(H,47,49)(H,50,56)(H,51,57)/t27-,36-,37-,38-,45?/m0/s1. The number of piperidine rings is 1. The molecule has 4 aromatic rings. The maximum atomic E-state index is 14.0. The van der Waals surface area contributed by atoms with Crippen LogP contribution in [0.3, 0.4) is 0 Å². The lowest BCUT2D eigenvalue weighted by atomic mass is 9.92. The number of aromatic amines is 2. The fourth-order valence-corrected chi connectivity index (χ4v) is 9.71. The molecule has 4 heterocycles. The molecule has 59 heavy (non-hydrogen) atoms. The summed E-state index contributed by atoms with van der Waals surface area (Å²) in [5.41, 5.74) is 7.93. The van der Waals surface area contributed by atoms with Gasteiger partial charge in [-0.05, 0) is 84.1 Å². The first kappa shape index (κ1) is 39.9. The van der Waals surface area contributed by atoms with Gasteiger partial charge in [0.05, 0.1) is 44.0 Å². The second kappa shape index (κ2) is 16.0. The van der Waals surface area contributed by atoms with E-state index in [1.807, 2.05) is 49.9 Å². The molecule has 1 saturated carbocycles. The number of amides is 4. The van der Waals surface area contributed by atoms with E-state index >= 15 is 0 Å². The molecule has 0 radical (unpaired) electrons. The molecule has 2 aliphatic carbocycles. The van der Waals surface area contributed by atoms with Crippen molar-refractivity contribution >= 4 is 30.1 Å². The van der Waals surface area contributed by atoms with E-state index in [-0.39, 0.29) is 29.7 Å². The summed E-state index contributed by atoms with van der Waals surface area (Å²) < 4.78 is 9.62. The van der Waals surface area contributed by atoms with Gasteiger partial charge in [0.15, 0.2) is 0 Å². The number of ether oxygens (including phenoxy) is 2. The second-order valence-electron chi connectivity index (χ2n) is 17.1. The van der Waals surface area contributed by atoms with Crippen LogP contribution in [0.1, 0.15) is 88.6 Å². The van der Waals surface area contributed by atoms with Gasteiger partial charge < -0.3 is 39.9 Å². The number of methoxy groups -OCH3 is 2. The van der Waals surface area contributed by atoms with Crippen LogP contribution in [-0.4, -0.2) is 93.1 Å². The molecule has 4 amide bonds. The summed E-state index contributed by atoms with van der Waals surface area (Å²) in [6.45, 7) is 8.91. The van der Waals surface area contributed by atoms with Gasteiger partial charge >= 0.3 is 12.2 Å². The van der Waals surface area contributed by atoms with E-state index in [4.69, 9.17) is 19.4 Å². The van der Waals surface area contributed by atoms with Crippen LogP contribution in [0.15, 0.2) is 54.9 Å². The fraction of sp³-hybridized carbons (Fsp3) is 0.467. The van der Waals surface area contributed by atoms with Crippen molar-refractivity contribution in [2.24, 2.45) is 17.8 Å². The number of hydrogen-bond acceptors (Lipinski definition) is 8. The molecule has 8 rings (SSSR count). The molecule has 14 heteroatoms. The molecule has 5 atom stereocenters. The van der Waals surface area contributed by atoms with Crippen LogP contribution >= 0.6 is 0 Å². The number of allylic oxidation sites excluding steroid dienone is 1. The Labute approximate surface area is 344 Å². The zero-order chi connectivity index (χ0) is 41.6. The van der Waals surface area contributed by atoms with Crippen LogP contribution in [0, 0.1) is 17.8 Å². The first-order valence-corrected chi connectivity index (χ1v) is 20.8. The van der Waals surface area contributed by atoms with E-state index in [1.165, 1.54) is 25.3 Å². The Morgan fingerprint density at radius 2 is 1.47 bits per heavy atom. The van der Waals surface area contributed by atoms with E-state index in [0.717, 1.165) is 83.8 Å². The van der Waals surface area contributed by atoms with Crippen molar-refractivity contribution < 1.29 is 28.7 Å². The molecule has 2 aliphatic heterocycles. The lowest BCUT2D eigenvalue weighted by molar-refractivity contribution is -0.140. The molecule has 2 aromatic heterocycles. The Morgan fingerprint density at radius 1 is 0.814 bits per heavy atom. The Balaban J connectivity index is 1.00. The molecule has 310 valence electrons. The predicted octanol–water partition coefficient (Wildman–Crippen LogP) is 6.97. The third-order valence-corrected chi connectivity index (χ3v) is 12.8.